The number of carbonyl (C=O) groups excluding carboxylic acids is 1. The average molecular weight is 388 g/mol. The normalized spacial score (nSPS) is 15.8. The summed E-state index contributed by atoms with van der Waals surface area (Å²) < 4.78 is 10.4. The summed E-state index contributed by atoms with van der Waals surface area (Å²) in [5, 5.41) is 0. The van der Waals surface area contributed by atoms with Gasteiger partial charge in [-0.3, -0.25) is 0 Å². The van der Waals surface area contributed by atoms with E-state index in [1.807, 2.05) is 6.92 Å². The Bertz CT molecular complexity index is 745. The van der Waals surface area contributed by atoms with Crippen molar-refractivity contribution in [3.05, 3.63) is 46.3 Å². The quantitative estimate of drug-likeness (QED) is 0.514. The number of likely N-dealkylation sites (tertiary alicyclic amines) is 1. The van der Waals surface area contributed by atoms with Gasteiger partial charge in [0.25, 0.3) is 0 Å². The molecule has 3 rings (SSSR count). The second-order valence-corrected chi connectivity index (χ2v) is 8.16. The van der Waals surface area contributed by atoms with Gasteiger partial charge in [0.1, 0.15) is 4.88 Å². The minimum atomic E-state index is -0.263. The third kappa shape index (κ3) is 4.98. The van der Waals surface area contributed by atoms with Crippen LogP contribution in [0.5, 0.6) is 0 Å². The highest BCUT2D eigenvalue weighted by molar-refractivity contribution is 7.17. The standard InChI is InChI=1S/C22H29NO3S/c1-4-26-14-11-19-15-20(27-21(19)22(24)25-3)18-7-5-16(6-8-18)17-9-12-23(2)13-10-17/h5-8,15,17H,4,9-14H2,1-3H3. The van der Waals surface area contributed by atoms with Crippen molar-refractivity contribution in [2.75, 3.05) is 40.5 Å². The topological polar surface area (TPSA) is 38.8 Å². The molecule has 1 aromatic heterocycles. The van der Waals surface area contributed by atoms with Gasteiger partial charge in [-0.15, -0.1) is 11.3 Å². The zero-order chi connectivity index (χ0) is 19.2. The van der Waals surface area contributed by atoms with Gasteiger partial charge in [-0.05, 0) is 75.0 Å². The molecule has 146 valence electrons. The first-order valence-corrected chi connectivity index (χ1v) is 10.5. The lowest BCUT2D eigenvalue weighted by Gasteiger charge is -2.29. The van der Waals surface area contributed by atoms with Gasteiger partial charge in [0.15, 0.2) is 0 Å². The molecule has 0 atom stereocenters. The van der Waals surface area contributed by atoms with Crippen LogP contribution in [-0.2, 0) is 15.9 Å². The maximum atomic E-state index is 12.1. The summed E-state index contributed by atoms with van der Waals surface area (Å²) in [4.78, 5) is 16.3. The summed E-state index contributed by atoms with van der Waals surface area (Å²) in [6, 6.07) is 11.0. The van der Waals surface area contributed by atoms with Crippen LogP contribution in [0.1, 0.15) is 46.5 Å². The third-order valence-electron chi connectivity index (χ3n) is 5.28. The predicted octanol–water partition coefficient (Wildman–Crippen LogP) is 4.59. The second kappa shape index (κ2) is 9.49. The van der Waals surface area contributed by atoms with Crippen LogP contribution in [0.2, 0.25) is 0 Å². The lowest BCUT2D eigenvalue weighted by Crippen LogP contribution is -2.29. The number of hydrogen-bond acceptors (Lipinski definition) is 5. The Hall–Kier alpha value is -1.69. The molecular weight excluding hydrogens is 358 g/mol. The van der Waals surface area contributed by atoms with Crippen LogP contribution in [0.25, 0.3) is 10.4 Å². The Labute approximate surface area is 166 Å². The Morgan fingerprint density at radius 2 is 1.93 bits per heavy atom. The van der Waals surface area contributed by atoms with E-state index in [1.165, 1.54) is 49.9 Å². The summed E-state index contributed by atoms with van der Waals surface area (Å²) >= 11 is 1.51. The summed E-state index contributed by atoms with van der Waals surface area (Å²) in [7, 11) is 3.63. The van der Waals surface area contributed by atoms with Gasteiger partial charge in [-0.2, -0.15) is 0 Å². The fourth-order valence-electron chi connectivity index (χ4n) is 3.61. The first-order valence-electron chi connectivity index (χ1n) is 9.70. The lowest BCUT2D eigenvalue weighted by molar-refractivity contribution is 0.0604. The average Bonchev–Trinajstić information content (AvgIpc) is 3.12. The maximum absolute atomic E-state index is 12.1. The van der Waals surface area contributed by atoms with Crippen molar-refractivity contribution >= 4 is 17.3 Å². The molecule has 0 amide bonds. The summed E-state index contributed by atoms with van der Waals surface area (Å²) in [6.45, 7) is 5.62. The number of benzene rings is 1. The number of esters is 1. The molecule has 1 saturated heterocycles. The van der Waals surface area contributed by atoms with E-state index in [0.29, 0.717) is 24.0 Å². The van der Waals surface area contributed by atoms with Crippen LogP contribution in [0.15, 0.2) is 30.3 Å². The van der Waals surface area contributed by atoms with Crippen molar-refractivity contribution < 1.29 is 14.3 Å². The van der Waals surface area contributed by atoms with E-state index in [9.17, 15) is 4.79 Å². The van der Waals surface area contributed by atoms with Crippen LogP contribution in [-0.4, -0.2) is 51.3 Å². The van der Waals surface area contributed by atoms with Crippen molar-refractivity contribution in [2.45, 2.75) is 32.1 Å². The van der Waals surface area contributed by atoms with Crippen molar-refractivity contribution in [3.8, 4) is 10.4 Å². The van der Waals surface area contributed by atoms with Crippen LogP contribution in [0.3, 0.4) is 0 Å². The molecule has 1 aliphatic rings. The number of ether oxygens (including phenoxy) is 2. The number of rotatable bonds is 7. The van der Waals surface area contributed by atoms with Crippen molar-refractivity contribution in [1.82, 2.24) is 4.90 Å². The largest absolute Gasteiger partial charge is 0.465 e. The van der Waals surface area contributed by atoms with Gasteiger partial charge < -0.3 is 14.4 Å². The van der Waals surface area contributed by atoms with E-state index in [1.54, 1.807) is 0 Å². The molecule has 1 aromatic carbocycles. The van der Waals surface area contributed by atoms with Crippen molar-refractivity contribution in [1.29, 1.82) is 0 Å². The molecule has 0 saturated carbocycles. The third-order valence-corrected chi connectivity index (χ3v) is 6.49. The minimum Gasteiger partial charge on any atom is -0.465 e. The number of thiophene rings is 1. The number of methoxy groups -OCH3 is 1. The van der Waals surface area contributed by atoms with Gasteiger partial charge in [-0.25, -0.2) is 4.79 Å². The molecule has 27 heavy (non-hydrogen) atoms. The van der Waals surface area contributed by atoms with Crippen LogP contribution >= 0.6 is 11.3 Å². The summed E-state index contributed by atoms with van der Waals surface area (Å²) in [5.41, 5.74) is 3.59. The van der Waals surface area contributed by atoms with Crippen LogP contribution < -0.4 is 0 Å². The molecule has 5 heteroatoms. The number of hydrogen-bond donors (Lipinski definition) is 0. The zero-order valence-corrected chi connectivity index (χ0v) is 17.3. The van der Waals surface area contributed by atoms with Crippen LogP contribution in [0, 0.1) is 0 Å². The van der Waals surface area contributed by atoms with Gasteiger partial charge in [0.2, 0.25) is 0 Å². The fourth-order valence-corrected chi connectivity index (χ4v) is 4.74. The highest BCUT2D eigenvalue weighted by Gasteiger charge is 2.20. The molecule has 2 aromatic rings. The molecule has 0 spiro atoms. The molecule has 1 aliphatic heterocycles. The molecular formula is C22H29NO3S. The maximum Gasteiger partial charge on any atom is 0.348 e. The van der Waals surface area contributed by atoms with Gasteiger partial charge in [0, 0.05) is 11.5 Å². The lowest BCUT2D eigenvalue weighted by atomic mass is 9.89. The van der Waals surface area contributed by atoms with Gasteiger partial charge >= 0.3 is 5.97 Å². The molecule has 0 bridgehead atoms. The van der Waals surface area contributed by atoms with E-state index < -0.39 is 0 Å². The van der Waals surface area contributed by atoms with E-state index in [2.05, 4.69) is 42.3 Å². The zero-order valence-electron chi connectivity index (χ0n) is 16.5. The number of carbonyl (C=O) groups is 1. The van der Waals surface area contributed by atoms with E-state index >= 15 is 0 Å². The molecule has 0 N–H and O–H groups in total. The first-order chi connectivity index (χ1) is 13.1. The number of piperidine rings is 1. The van der Waals surface area contributed by atoms with Crippen molar-refractivity contribution in [3.63, 3.8) is 0 Å². The van der Waals surface area contributed by atoms with E-state index in [-0.39, 0.29) is 5.97 Å². The molecule has 0 aliphatic carbocycles. The number of nitrogens with zero attached hydrogens (tertiary/aromatic N) is 1. The summed E-state index contributed by atoms with van der Waals surface area (Å²) in [5.74, 6) is 0.395. The van der Waals surface area contributed by atoms with Crippen molar-refractivity contribution in [2.24, 2.45) is 0 Å². The molecule has 4 nitrogen and oxygen atoms in total. The molecule has 0 unspecified atom stereocenters. The van der Waals surface area contributed by atoms with Gasteiger partial charge in [-0.1, -0.05) is 24.3 Å². The van der Waals surface area contributed by atoms with E-state index in [0.717, 1.165) is 22.4 Å². The van der Waals surface area contributed by atoms with Gasteiger partial charge in [0.05, 0.1) is 13.7 Å². The SMILES string of the molecule is CCOCCc1cc(-c2ccc(C3CCN(C)CC3)cc2)sc1C(=O)OC. The van der Waals surface area contributed by atoms with E-state index in [4.69, 9.17) is 9.47 Å². The molecule has 1 fully saturated rings. The molecule has 0 radical (unpaired) electrons. The highest BCUT2D eigenvalue weighted by Crippen LogP contribution is 2.34. The van der Waals surface area contributed by atoms with Crippen LogP contribution in [0.4, 0.5) is 0 Å². The Kier molecular flexibility index (Phi) is 7.05. The fraction of sp³-hybridized carbons (Fsp3) is 0.500. The monoisotopic (exact) mass is 387 g/mol. The Morgan fingerprint density at radius 3 is 2.56 bits per heavy atom. The molecule has 2 heterocycles. The Morgan fingerprint density at radius 1 is 1.22 bits per heavy atom. The smallest absolute Gasteiger partial charge is 0.348 e. The highest BCUT2D eigenvalue weighted by atomic mass is 32.1. The minimum absolute atomic E-state index is 0.263. The predicted molar refractivity (Wildman–Crippen MR) is 111 cm³/mol. The second-order valence-electron chi connectivity index (χ2n) is 7.10. The first kappa shape index (κ1) is 20.1. The Balaban J connectivity index is 1.77. The summed E-state index contributed by atoms with van der Waals surface area (Å²) in [6.07, 6.45) is 3.17.